The molecule has 0 saturated carbocycles. The summed E-state index contributed by atoms with van der Waals surface area (Å²) in [6.07, 6.45) is 3.43. The van der Waals surface area contributed by atoms with Gasteiger partial charge in [-0.25, -0.2) is 0 Å². The fraction of sp³-hybridized carbons (Fsp3) is 0.0870. The topological polar surface area (TPSA) is 72.9 Å². The number of fused-ring (bicyclic) bond motifs is 1. The van der Waals surface area contributed by atoms with Crippen LogP contribution >= 0.6 is 12.2 Å². The number of rotatable bonds is 6. The number of para-hydroxylation sites is 1. The summed E-state index contributed by atoms with van der Waals surface area (Å²) in [4.78, 5) is 17.3. The van der Waals surface area contributed by atoms with E-state index >= 15 is 0 Å². The Morgan fingerprint density at radius 2 is 1.72 bits per heavy atom. The monoisotopic (exact) mass is 400 g/mol. The molecule has 0 unspecified atom stereocenters. The Kier molecular flexibility index (Phi) is 5.35. The van der Waals surface area contributed by atoms with Crippen LogP contribution in [0.3, 0.4) is 0 Å². The van der Waals surface area contributed by atoms with Gasteiger partial charge in [0, 0.05) is 41.9 Å². The zero-order chi connectivity index (χ0) is 20.2. The summed E-state index contributed by atoms with van der Waals surface area (Å²) in [5, 5.41) is 4.03. The van der Waals surface area contributed by atoms with Crippen molar-refractivity contribution in [1.82, 2.24) is 14.9 Å². The third kappa shape index (κ3) is 4.17. The highest BCUT2D eigenvalue weighted by Crippen LogP contribution is 2.22. The highest BCUT2D eigenvalue weighted by Gasteiger charge is 2.15. The number of nitrogens with two attached hydrogens (primary N) is 1. The summed E-state index contributed by atoms with van der Waals surface area (Å²) < 4.78 is 2.03. The number of benzene rings is 2. The molecule has 29 heavy (non-hydrogen) atoms. The Balaban J connectivity index is 1.63. The van der Waals surface area contributed by atoms with Crippen LogP contribution in [0.1, 0.15) is 27.2 Å². The van der Waals surface area contributed by atoms with Gasteiger partial charge in [-0.1, -0.05) is 54.7 Å². The lowest BCUT2D eigenvalue weighted by Crippen LogP contribution is -2.25. The van der Waals surface area contributed by atoms with Crippen LogP contribution in [-0.4, -0.2) is 20.4 Å². The molecule has 6 heteroatoms. The molecule has 2 aromatic heterocycles. The Morgan fingerprint density at radius 3 is 2.45 bits per heavy atom. The van der Waals surface area contributed by atoms with Gasteiger partial charge in [-0.2, -0.15) is 0 Å². The van der Waals surface area contributed by atoms with Gasteiger partial charge in [-0.3, -0.25) is 9.78 Å². The van der Waals surface area contributed by atoms with E-state index in [1.165, 1.54) is 0 Å². The van der Waals surface area contributed by atoms with E-state index in [1.807, 2.05) is 71.3 Å². The first-order valence-corrected chi connectivity index (χ1v) is 9.67. The van der Waals surface area contributed by atoms with Crippen molar-refractivity contribution >= 4 is 34.0 Å². The quantitative estimate of drug-likeness (QED) is 0.485. The number of amides is 1. The van der Waals surface area contributed by atoms with Crippen molar-refractivity contribution in [1.29, 1.82) is 0 Å². The van der Waals surface area contributed by atoms with Gasteiger partial charge in [0.2, 0.25) is 0 Å². The van der Waals surface area contributed by atoms with Gasteiger partial charge in [0.25, 0.3) is 5.91 Å². The second kappa shape index (κ2) is 8.24. The fourth-order valence-electron chi connectivity index (χ4n) is 3.30. The third-order valence-corrected chi connectivity index (χ3v) is 5.06. The maximum absolute atomic E-state index is 13.0. The molecule has 0 aliphatic rings. The van der Waals surface area contributed by atoms with Crippen molar-refractivity contribution in [2.24, 2.45) is 5.73 Å². The van der Waals surface area contributed by atoms with Crippen LogP contribution in [0.5, 0.6) is 0 Å². The summed E-state index contributed by atoms with van der Waals surface area (Å²) in [7, 11) is 0. The minimum atomic E-state index is -0.113. The highest BCUT2D eigenvalue weighted by atomic mass is 32.1. The lowest BCUT2D eigenvalue weighted by Gasteiger charge is -2.12. The minimum absolute atomic E-state index is 0.113. The van der Waals surface area contributed by atoms with E-state index in [4.69, 9.17) is 18.0 Å². The third-order valence-electron chi connectivity index (χ3n) is 4.82. The predicted octanol–water partition coefficient (Wildman–Crippen LogP) is 3.65. The molecule has 0 saturated heterocycles. The molecule has 0 fully saturated rings. The number of hydrogen-bond donors (Lipinski definition) is 2. The van der Waals surface area contributed by atoms with Crippen LogP contribution in [0.2, 0.25) is 0 Å². The maximum atomic E-state index is 13.0. The number of aromatic nitrogens is 2. The Labute approximate surface area is 174 Å². The number of nitrogens with zero attached hydrogens (tertiary/aromatic N) is 2. The van der Waals surface area contributed by atoms with Crippen molar-refractivity contribution in [3.63, 3.8) is 0 Å². The average molecular weight is 401 g/mol. The molecular formula is C23H20N4OS. The number of hydrogen-bond acceptors (Lipinski definition) is 3. The van der Waals surface area contributed by atoms with Gasteiger partial charge < -0.3 is 15.6 Å². The summed E-state index contributed by atoms with van der Waals surface area (Å²) in [5.41, 5.74) is 10.2. The molecule has 0 bridgehead atoms. The van der Waals surface area contributed by atoms with Crippen molar-refractivity contribution in [3.05, 3.63) is 102 Å². The van der Waals surface area contributed by atoms with E-state index in [-0.39, 0.29) is 5.91 Å². The molecule has 0 spiro atoms. The van der Waals surface area contributed by atoms with Gasteiger partial charge in [-0.05, 0) is 35.4 Å². The number of pyridine rings is 1. The molecule has 1 amide bonds. The molecule has 0 radical (unpaired) electrons. The van der Waals surface area contributed by atoms with E-state index in [0.717, 1.165) is 27.6 Å². The van der Waals surface area contributed by atoms with Crippen LogP contribution < -0.4 is 11.1 Å². The van der Waals surface area contributed by atoms with Crippen molar-refractivity contribution < 1.29 is 4.79 Å². The SMILES string of the molecule is NC(=S)c1ccc(Cn2c(C(=O)NCc3ccncc3)cc3ccccc32)cc1. The number of carbonyl (C=O) groups excluding carboxylic acids is 1. The van der Waals surface area contributed by atoms with Crippen LogP contribution in [0, 0.1) is 0 Å². The van der Waals surface area contributed by atoms with Crippen molar-refractivity contribution in [2.45, 2.75) is 13.1 Å². The van der Waals surface area contributed by atoms with E-state index in [9.17, 15) is 4.79 Å². The lowest BCUT2D eigenvalue weighted by atomic mass is 10.1. The van der Waals surface area contributed by atoms with Crippen LogP contribution in [-0.2, 0) is 13.1 Å². The standard InChI is InChI=1S/C23H20N4OS/c24-22(29)18-7-5-17(6-8-18)15-27-20-4-2-1-3-19(20)13-21(27)23(28)26-14-16-9-11-25-12-10-16/h1-13H,14-15H2,(H2,24,29)(H,26,28). The number of carbonyl (C=O) groups is 1. The molecule has 5 nitrogen and oxygen atoms in total. The predicted molar refractivity (Wildman–Crippen MR) is 119 cm³/mol. The first-order valence-electron chi connectivity index (χ1n) is 9.26. The van der Waals surface area contributed by atoms with Crippen LogP contribution in [0.25, 0.3) is 10.9 Å². The molecule has 0 aliphatic carbocycles. The Morgan fingerprint density at radius 1 is 1.00 bits per heavy atom. The summed E-state index contributed by atoms with van der Waals surface area (Å²) >= 11 is 5.02. The molecule has 144 valence electrons. The van der Waals surface area contributed by atoms with Crippen LogP contribution in [0.4, 0.5) is 0 Å². The van der Waals surface area contributed by atoms with Crippen molar-refractivity contribution in [3.8, 4) is 0 Å². The van der Waals surface area contributed by atoms with Gasteiger partial charge in [0.1, 0.15) is 10.7 Å². The van der Waals surface area contributed by atoms with Gasteiger partial charge >= 0.3 is 0 Å². The van der Waals surface area contributed by atoms with Crippen LogP contribution in [0.15, 0.2) is 79.1 Å². The molecule has 4 aromatic rings. The number of nitrogens with one attached hydrogen (secondary N) is 1. The highest BCUT2D eigenvalue weighted by molar-refractivity contribution is 7.80. The summed E-state index contributed by atoms with van der Waals surface area (Å²) in [6, 6.07) is 21.5. The zero-order valence-corrected chi connectivity index (χ0v) is 16.5. The average Bonchev–Trinajstić information content (AvgIpc) is 3.12. The summed E-state index contributed by atoms with van der Waals surface area (Å²) in [5.74, 6) is -0.113. The molecule has 3 N–H and O–H groups in total. The smallest absolute Gasteiger partial charge is 0.268 e. The van der Waals surface area contributed by atoms with Crippen molar-refractivity contribution in [2.75, 3.05) is 0 Å². The van der Waals surface area contributed by atoms with Gasteiger partial charge in [0.15, 0.2) is 0 Å². The van der Waals surface area contributed by atoms with E-state index in [0.29, 0.717) is 23.8 Å². The second-order valence-electron chi connectivity index (χ2n) is 6.77. The second-order valence-corrected chi connectivity index (χ2v) is 7.21. The van der Waals surface area contributed by atoms with E-state index < -0.39 is 0 Å². The first kappa shape index (κ1) is 18.8. The maximum Gasteiger partial charge on any atom is 0.268 e. The molecule has 0 atom stereocenters. The van der Waals surface area contributed by atoms with E-state index in [2.05, 4.69) is 10.3 Å². The summed E-state index contributed by atoms with van der Waals surface area (Å²) in [6.45, 7) is 1.02. The fourth-order valence-corrected chi connectivity index (χ4v) is 3.44. The molecule has 2 aromatic carbocycles. The van der Waals surface area contributed by atoms with Gasteiger partial charge in [0.05, 0.1) is 0 Å². The normalized spacial score (nSPS) is 10.8. The largest absolute Gasteiger partial charge is 0.389 e. The van der Waals surface area contributed by atoms with E-state index in [1.54, 1.807) is 12.4 Å². The minimum Gasteiger partial charge on any atom is -0.389 e. The Bertz CT molecular complexity index is 1170. The molecular weight excluding hydrogens is 380 g/mol. The Hall–Kier alpha value is -3.51. The molecule has 0 aliphatic heterocycles. The number of thiocarbonyl (C=S) groups is 1. The first-order chi connectivity index (χ1) is 14.1. The molecule has 4 rings (SSSR count). The molecule has 2 heterocycles. The van der Waals surface area contributed by atoms with Gasteiger partial charge in [-0.15, -0.1) is 0 Å². The lowest BCUT2D eigenvalue weighted by molar-refractivity contribution is 0.0942. The zero-order valence-electron chi connectivity index (χ0n) is 15.7.